The van der Waals surface area contributed by atoms with Crippen molar-refractivity contribution in [3.8, 4) is 11.4 Å². The molecule has 0 unspecified atom stereocenters. The van der Waals surface area contributed by atoms with E-state index in [1.54, 1.807) is 36.4 Å². The van der Waals surface area contributed by atoms with Crippen molar-refractivity contribution in [2.75, 3.05) is 6.61 Å². The Balaban J connectivity index is 1.60. The van der Waals surface area contributed by atoms with Gasteiger partial charge in [0.05, 0.1) is 11.9 Å². The summed E-state index contributed by atoms with van der Waals surface area (Å²) in [4.78, 5) is 1.34. The summed E-state index contributed by atoms with van der Waals surface area (Å²) in [7, 11) is 0. The summed E-state index contributed by atoms with van der Waals surface area (Å²) in [6, 6.07) is 15.7. The molecule has 3 N–H and O–H groups in total. The Kier molecular flexibility index (Phi) is 5.85. The molecule has 3 aromatic rings. The van der Waals surface area contributed by atoms with Crippen molar-refractivity contribution in [2.24, 2.45) is 0 Å². The van der Waals surface area contributed by atoms with Crippen molar-refractivity contribution >= 4 is 11.6 Å². The van der Waals surface area contributed by atoms with Gasteiger partial charge in [-0.1, -0.05) is 29.8 Å². The fraction of sp³-hybridized carbons (Fsp3) is 0.222. The van der Waals surface area contributed by atoms with Gasteiger partial charge in [-0.25, -0.2) is 0 Å². The maximum atomic E-state index is 10.3. The average molecular weight is 376 g/mol. The second-order valence-corrected chi connectivity index (χ2v) is 6.10. The highest BCUT2D eigenvalue weighted by Gasteiger charge is 2.28. The number of nitrogens with zero attached hydrogens (tertiary/aromatic N) is 3. The summed E-state index contributed by atoms with van der Waals surface area (Å²) < 4.78 is 5.38. The van der Waals surface area contributed by atoms with Crippen molar-refractivity contribution in [2.45, 2.75) is 18.3 Å². The van der Waals surface area contributed by atoms with Gasteiger partial charge in [-0.05, 0) is 36.4 Å². The third kappa shape index (κ3) is 4.39. The zero-order valence-corrected chi connectivity index (χ0v) is 14.4. The van der Waals surface area contributed by atoms with Gasteiger partial charge in [-0.2, -0.15) is 15.0 Å². The first-order chi connectivity index (χ1) is 12.5. The predicted octanol–water partition coefficient (Wildman–Crippen LogP) is 1.75. The molecule has 0 saturated carbocycles. The molecule has 2 aromatic carbocycles. The van der Waals surface area contributed by atoms with E-state index in [4.69, 9.17) is 16.3 Å². The highest BCUT2D eigenvalue weighted by Crippen LogP contribution is 2.20. The molecule has 8 heteroatoms. The van der Waals surface area contributed by atoms with Gasteiger partial charge < -0.3 is 20.1 Å². The Labute approximate surface area is 155 Å². The molecule has 0 aliphatic heterocycles. The fourth-order valence-corrected chi connectivity index (χ4v) is 2.42. The number of benzene rings is 2. The number of rotatable bonds is 7. The average Bonchev–Trinajstić information content (AvgIpc) is 3.17. The van der Waals surface area contributed by atoms with Gasteiger partial charge in [0, 0.05) is 5.02 Å². The second-order valence-electron chi connectivity index (χ2n) is 5.66. The molecule has 0 bridgehead atoms. The second kappa shape index (κ2) is 8.29. The van der Waals surface area contributed by atoms with Gasteiger partial charge in [-0.15, -0.1) is 0 Å². The van der Waals surface area contributed by atoms with Gasteiger partial charge in [0.1, 0.15) is 36.4 Å². The van der Waals surface area contributed by atoms with Crippen LogP contribution in [0.25, 0.3) is 5.69 Å². The minimum Gasteiger partial charge on any atom is -0.491 e. The maximum absolute atomic E-state index is 10.3. The van der Waals surface area contributed by atoms with Crippen LogP contribution in [0.3, 0.4) is 0 Å². The summed E-state index contributed by atoms with van der Waals surface area (Å²) in [5, 5.41) is 39.3. The first-order valence-electron chi connectivity index (χ1n) is 7.95. The Morgan fingerprint density at radius 1 is 1.00 bits per heavy atom. The molecule has 0 saturated heterocycles. The third-order valence-corrected chi connectivity index (χ3v) is 4.00. The fourth-order valence-electron chi connectivity index (χ4n) is 2.29. The number of hydrogen-bond acceptors (Lipinski definition) is 6. The van der Waals surface area contributed by atoms with Crippen LogP contribution < -0.4 is 4.74 Å². The van der Waals surface area contributed by atoms with Crippen LogP contribution >= 0.6 is 11.6 Å². The van der Waals surface area contributed by atoms with E-state index in [0.717, 1.165) is 0 Å². The van der Waals surface area contributed by atoms with E-state index in [9.17, 15) is 15.3 Å². The monoisotopic (exact) mass is 375 g/mol. The lowest BCUT2D eigenvalue weighted by atomic mass is 10.1. The van der Waals surface area contributed by atoms with Gasteiger partial charge >= 0.3 is 0 Å². The first kappa shape index (κ1) is 18.3. The molecule has 0 aliphatic rings. The minimum atomic E-state index is -1.48. The summed E-state index contributed by atoms with van der Waals surface area (Å²) in [5.74, 6) is 0.491. The lowest BCUT2D eigenvalue weighted by Crippen LogP contribution is -2.36. The largest absolute Gasteiger partial charge is 0.491 e. The van der Waals surface area contributed by atoms with Crippen molar-refractivity contribution in [1.82, 2.24) is 15.0 Å². The molecule has 1 heterocycles. The standard InChI is InChI=1S/C18H18ClN3O4/c19-12-6-8-14(9-7-12)26-11-16(23)18(25)17(24)15-10-20-22(21-15)13-4-2-1-3-5-13/h1-10,16-18,23-25H,11H2/t16-,17-,18-/m1/s1. The smallest absolute Gasteiger partial charge is 0.128 e. The van der Waals surface area contributed by atoms with Crippen LogP contribution in [0.15, 0.2) is 60.8 Å². The normalized spacial score (nSPS) is 14.6. The Hall–Kier alpha value is -2.45. The minimum absolute atomic E-state index is 0.145. The number of halogens is 1. The molecule has 0 radical (unpaired) electrons. The zero-order valence-electron chi connectivity index (χ0n) is 13.7. The summed E-state index contributed by atoms with van der Waals surface area (Å²) in [6.45, 7) is -0.202. The zero-order chi connectivity index (χ0) is 18.5. The quantitative estimate of drug-likeness (QED) is 0.581. The van der Waals surface area contributed by atoms with Crippen LogP contribution in [0.5, 0.6) is 5.75 Å². The Morgan fingerprint density at radius 2 is 1.69 bits per heavy atom. The van der Waals surface area contributed by atoms with Crippen LogP contribution in [0, 0.1) is 0 Å². The molecule has 1 aromatic heterocycles. The lowest BCUT2D eigenvalue weighted by Gasteiger charge is -2.21. The molecule has 136 valence electrons. The lowest BCUT2D eigenvalue weighted by molar-refractivity contribution is -0.0755. The van der Waals surface area contributed by atoms with Crippen molar-refractivity contribution in [1.29, 1.82) is 0 Å². The van der Waals surface area contributed by atoms with E-state index in [1.165, 1.54) is 11.0 Å². The highest BCUT2D eigenvalue weighted by molar-refractivity contribution is 6.30. The Morgan fingerprint density at radius 3 is 2.38 bits per heavy atom. The van der Waals surface area contributed by atoms with Crippen LogP contribution in [0.4, 0.5) is 0 Å². The molecular weight excluding hydrogens is 358 g/mol. The molecule has 0 spiro atoms. The van der Waals surface area contributed by atoms with Crippen LogP contribution in [-0.4, -0.2) is 49.1 Å². The van der Waals surface area contributed by atoms with Crippen LogP contribution in [0.1, 0.15) is 11.8 Å². The predicted molar refractivity (Wildman–Crippen MR) is 95.3 cm³/mol. The first-order valence-corrected chi connectivity index (χ1v) is 8.32. The van der Waals surface area contributed by atoms with Crippen LogP contribution in [-0.2, 0) is 0 Å². The third-order valence-electron chi connectivity index (χ3n) is 3.75. The van der Waals surface area contributed by atoms with E-state index in [1.807, 2.05) is 18.2 Å². The topological polar surface area (TPSA) is 101 Å². The molecule has 0 amide bonds. The van der Waals surface area contributed by atoms with Crippen molar-refractivity contribution in [3.63, 3.8) is 0 Å². The summed E-state index contributed by atoms with van der Waals surface area (Å²) in [6.07, 6.45) is -2.87. The van der Waals surface area contributed by atoms with E-state index in [0.29, 0.717) is 16.5 Å². The Bertz CT molecular complexity index is 826. The molecule has 3 rings (SSSR count). The summed E-state index contributed by atoms with van der Waals surface area (Å²) >= 11 is 5.79. The molecule has 0 fully saturated rings. The van der Waals surface area contributed by atoms with Crippen molar-refractivity contribution < 1.29 is 20.1 Å². The van der Waals surface area contributed by atoms with Crippen LogP contribution in [0.2, 0.25) is 5.02 Å². The highest BCUT2D eigenvalue weighted by atomic mass is 35.5. The van der Waals surface area contributed by atoms with E-state index in [2.05, 4.69) is 10.2 Å². The summed E-state index contributed by atoms with van der Waals surface area (Å²) in [5.41, 5.74) is 0.860. The van der Waals surface area contributed by atoms with E-state index >= 15 is 0 Å². The number of aromatic nitrogens is 3. The number of ether oxygens (including phenoxy) is 1. The van der Waals surface area contributed by atoms with Gasteiger partial charge in [0.15, 0.2) is 0 Å². The number of hydrogen-bond donors (Lipinski definition) is 3. The molecular formula is C18H18ClN3O4. The molecule has 7 nitrogen and oxygen atoms in total. The molecule has 0 aliphatic carbocycles. The van der Waals surface area contributed by atoms with Gasteiger partial charge in [0.25, 0.3) is 0 Å². The number of aliphatic hydroxyl groups is 3. The maximum Gasteiger partial charge on any atom is 0.128 e. The molecule has 3 atom stereocenters. The van der Waals surface area contributed by atoms with Gasteiger partial charge in [0.2, 0.25) is 0 Å². The van der Waals surface area contributed by atoms with E-state index < -0.39 is 18.3 Å². The van der Waals surface area contributed by atoms with Gasteiger partial charge in [-0.3, -0.25) is 0 Å². The number of aliphatic hydroxyl groups excluding tert-OH is 3. The van der Waals surface area contributed by atoms with Crippen molar-refractivity contribution in [3.05, 3.63) is 71.5 Å². The molecule has 26 heavy (non-hydrogen) atoms. The van der Waals surface area contributed by atoms with E-state index in [-0.39, 0.29) is 12.3 Å². The SMILES string of the molecule is O[C@H]([C@H](O)COc1ccc(Cl)cc1)[C@H](O)c1cnn(-c2ccccc2)n1. The number of para-hydroxylation sites is 1.